The van der Waals surface area contributed by atoms with Crippen molar-refractivity contribution in [1.29, 1.82) is 0 Å². The Labute approximate surface area is 257 Å². The minimum atomic E-state index is -0.581. The fraction of sp³-hybridized carbons (Fsp3) is 0.457. The molecule has 1 N–H and O–H groups in total. The third-order valence-corrected chi connectivity index (χ3v) is 8.72. The molecule has 1 aromatic heterocycles. The van der Waals surface area contributed by atoms with Gasteiger partial charge < -0.3 is 15.1 Å². The van der Waals surface area contributed by atoms with Gasteiger partial charge in [0.05, 0.1) is 17.5 Å². The highest BCUT2D eigenvalue weighted by Gasteiger charge is 2.40. The summed E-state index contributed by atoms with van der Waals surface area (Å²) in [6.07, 6.45) is 1.67. The first-order valence-corrected chi connectivity index (χ1v) is 16.4. The van der Waals surface area contributed by atoms with Crippen LogP contribution in [0, 0.1) is 0 Å². The number of carbonyl (C=O) groups excluding carboxylic acids is 2. The molecule has 42 heavy (non-hydrogen) atoms. The van der Waals surface area contributed by atoms with Gasteiger partial charge in [0.25, 0.3) is 0 Å². The number of amides is 1. The maximum absolute atomic E-state index is 13.7. The van der Waals surface area contributed by atoms with E-state index < -0.39 is 5.41 Å². The number of nitrogens with one attached hydrogen (secondary N) is 1. The summed E-state index contributed by atoms with van der Waals surface area (Å²) in [5.74, 6) is 1.51. The molecule has 226 valence electrons. The number of aromatic nitrogens is 1. The predicted molar refractivity (Wildman–Crippen MR) is 178 cm³/mol. The second-order valence-electron chi connectivity index (χ2n) is 10.5. The van der Waals surface area contributed by atoms with Crippen molar-refractivity contribution in [3.8, 4) is 0 Å². The molecular formula is C35H48N4O2S. The Kier molecular flexibility index (Phi) is 12.6. The SMILES string of the molecule is CC.CC.CCSc1ccc(CC(=O)Nc2ccc3c(n2)CCC(C)(c2ccc(N4CCN(C)CC4)cc2)C3=O)cc1. The molecule has 1 saturated heterocycles. The Morgan fingerprint density at radius 1 is 0.929 bits per heavy atom. The highest BCUT2D eigenvalue weighted by atomic mass is 32.2. The second kappa shape index (κ2) is 15.9. The molecule has 7 heteroatoms. The molecular weight excluding hydrogens is 540 g/mol. The zero-order chi connectivity index (χ0) is 30.7. The quantitative estimate of drug-likeness (QED) is 0.293. The molecule has 1 fully saturated rings. The molecule has 0 spiro atoms. The lowest BCUT2D eigenvalue weighted by Gasteiger charge is -2.36. The third-order valence-electron chi connectivity index (χ3n) is 7.82. The number of hydrogen-bond acceptors (Lipinski definition) is 6. The van der Waals surface area contributed by atoms with Gasteiger partial charge in [-0.25, -0.2) is 4.98 Å². The number of rotatable bonds is 7. The van der Waals surface area contributed by atoms with Crippen LogP contribution in [0.4, 0.5) is 11.5 Å². The molecule has 5 rings (SSSR count). The van der Waals surface area contributed by atoms with E-state index in [0.717, 1.165) is 48.8 Å². The third kappa shape index (κ3) is 8.01. The van der Waals surface area contributed by atoms with Gasteiger partial charge in [0.2, 0.25) is 5.91 Å². The van der Waals surface area contributed by atoms with Crippen LogP contribution in [0.25, 0.3) is 0 Å². The summed E-state index contributed by atoms with van der Waals surface area (Å²) in [7, 11) is 2.16. The van der Waals surface area contributed by atoms with Crippen LogP contribution in [0.1, 0.15) is 75.1 Å². The van der Waals surface area contributed by atoms with Crippen molar-refractivity contribution in [3.05, 3.63) is 83.0 Å². The summed E-state index contributed by atoms with van der Waals surface area (Å²) in [5.41, 5.74) is 4.07. The summed E-state index contributed by atoms with van der Waals surface area (Å²) >= 11 is 1.78. The number of ketones is 1. The van der Waals surface area contributed by atoms with Gasteiger partial charge in [0.1, 0.15) is 5.82 Å². The van der Waals surface area contributed by atoms with Gasteiger partial charge in [-0.2, -0.15) is 0 Å². The number of anilines is 2. The standard InChI is InChI=1S/C31H36N4O2S.2C2H6/c1-4-38-25-11-5-22(6-12-25)21-29(36)33-28-14-13-26-27(32-28)15-16-31(2,30(26)37)23-7-9-24(10-8-23)35-19-17-34(3)18-20-35;2*1-2/h5-14H,4,15-21H2,1-3H3,(H,32,33,36);2*1-2H3. The fourth-order valence-corrected chi connectivity index (χ4v) is 6.03. The summed E-state index contributed by atoms with van der Waals surface area (Å²) < 4.78 is 0. The largest absolute Gasteiger partial charge is 0.369 e. The number of nitrogens with zero attached hydrogens (tertiary/aromatic N) is 3. The smallest absolute Gasteiger partial charge is 0.229 e. The monoisotopic (exact) mass is 588 g/mol. The van der Waals surface area contributed by atoms with Crippen LogP contribution in [0.3, 0.4) is 0 Å². The van der Waals surface area contributed by atoms with Crippen molar-refractivity contribution < 1.29 is 9.59 Å². The Bertz CT molecular complexity index is 1300. The molecule has 2 heterocycles. The van der Waals surface area contributed by atoms with E-state index in [1.807, 2.05) is 52.8 Å². The Morgan fingerprint density at radius 3 is 2.19 bits per heavy atom. The van der Waals surface area contributed by atoms with Crippen molar-refractivity contribution in [2.75, 3.05) is 49.2 Å². The maximum atomic E-state index is 13.7. The first-order valence-electron chi connectivity index (χ1n) is 15.5. The van der Waals surface area contributed by atoms with Crippen LogP contribution in [-0.2, 0) is 23.1 Å². The summed E-state index contributed by atoms with van der Waals surface area (Å²) in [6, 6.07) is 20.2. The lowest BCUT2D eigenvalue weighted by atomic mass is 9.69. The van der Waals surface area contributed by atoms with Crippen molar-refractivity contribution in [2.24, 2.45) is 0 Å². The van der Waals surface area contributed by atoms with Gasteiger partial charge in [-0.15, -0.1) is 11.8 Å². The number of fused-ring (bicyclic) bond motifs is 1. The lowest BCUT2D eigenvalue weighted by Crippen LogP contribution is -2.44. The number of hydrogen-bond donors (Lipinski definition) is 1. The lowest BCUT2D eigenvalue weighted by molar-refractivity contribution is -0.115. The van der Waals surface area contributed by atoms with Crippen LogP contribution in [0.15, 0.2) is 65.6 Å². The second-order valence-corrected chi connectivity index (χ2v) is 11.8. The van der Waals surface area contributed by atoms with Crippen molar-refractivity contribution in [3.63, 3.8) is 0 Å². The van der Waals surface area contributed by atoms with Crippen LogP contribution in [0.5, 0.6) is 0 Å². The molecule has 1 atom stereocenters. The van der Waals surface area contributed by atoms with E-state index in [1.54, 1.807) is 17.8 Å². The molecule has 0 bridgehead atoms. The molecule has 2 aromatic carbocycles. The highest BCUT2D eigenvalue weighted by molar-refractivity contribution is 7.99. The van der Waals surface area contributed by atoms with E-state index in [4.69, 9.17) is 0 Å². The predicted octanol–water partition coefficient (Wildman–Crippen LogP) is 7.27. The van der Waals surface area contributed by atoms with E-state index in [-0.39, 0.29) is 18.1 Å². The summed E-state index contributed by atoms with van der Waals surface area (Å²) in [6.45, 7) is 16.3. The number of piperazine rings is 1. The average molecular weight is 589 g/mol. The zero-order valence-electron chi connectivity index (χ0n) is 26.5. The molecule has 1 amide bonds. The molecule has 1 unspecified atom stereocenters. The van der Waals surface area contributed by atoms with Gasteiger partial charge >= 0.3 is 0 Å². The number of likely N-dealkylation sites (N-methyl/N-ethyl adjacent to an activating group) is 1. The first-order chi connectivity index (χ1) is 20.4. The molecule has 2 aliphatic rings. The van der Waals surface area contributed by atoms with Crippen molar-refractivity contribution in [1.82, 2.24) is 9.88 Å². The minimum absolute atomic E-state index is 0.0986. The van der Waals surface area contributed by atoms with E-state index in [0.29, 0.717) is 24.2 Å². The van der Waals surface area contributed by atoms with Crippen LogP contribution in [0.2, 0.25) is 0 Å². The van der Waals surface area contributed by atoms with Gasteiger partial charge in [-0.05, 0) is 80.1 Å². The summed E-state index contributed by atoms with van der Waals surface area (Å²) in [5, 5.41) is 2.91. The van der Waals surface area contributed by atoms with Crippen molar-refractivity contribution >= 4 is 35.0 Å². The molecule has 3 aromatic rings. The number of pyridine rings is 1. The molecule has 1 aliphatic carbocycles. The van der Waals surface area contributed by atoms with Gasteiger partial charge in [-0.1, -0.05) is 58.9 Å². The minimum Gasteiger partial charge on any atom is -0.369 e. The number of aryl methyl sites for hydroxylation is 1. The molecule has 6 nitrogen and oxygen atoms in total. The van der Waals surface area contributed by atoms with E-state index in [1.165, 1.54) is 10.6 Å². The summed E-state index contributed by atoms with van der Waals surface area (Å²) in [4.78, 5) is 36.9. The average Bonchev–Trinajstić information content (AvgIpc) is 3.03. The van der Waals surface area contributed by atoms with E-state index in [2.05, 4.69) is 70.5 Å². The maximum Gasteiger partial charge on any atom is 0.229 e. The Hall–Kier alpha value is -3.16. The first kappa shape index (κ1) is 33.3. The topological polar surface area (TPSA) is 65.5 Å². The van der Waals surface area contributed by atoms with E-state index >= 15 is 0 Å². The van der Waals surface area contributed by atoms with Crippen molar-refractivity contribution in [2.45, 2.75) is 71.1 Å². The Morgan fingerprint density at radius 2 is 1.57 bits per heavy atom. The number of carbonyl (C=O) groups is 2. The number of thioether (sulfide) groups is 1. The van der Waals surface area contributed by atoms with Crippen LogP contribution in [-0.4, -0.2) is 60.6 Å². The molecule has 1 aliphatic heterocycles. The fourth-order valence-electron chi connectivity index (χ4n) is 5.37. The zero-order valence-corrected chi connectivity index (χ0v) is 27.3. The Balaban J connectivity index is 0.00000116. The number of benzene rings is 2. The van der Waals surface area contributed by atoms with Gasteiger partial charge in [0.15, 0.2) is 5.78 Å². The van der Waals surface area contributed by atoms with Crippen LogP contribution < -0.4 is 10.2 Å². The van der Waals surface area contributed by atoms with Gasteiger partial charge in [0, 0.05) is 42.3 Å². The van der Waals surface area contributed by atoms with Gasteiger partial charge in [-0.3, -0.25) is 9.59 Å². The normalized spacial score (nSPS) is 18.2. The molecule has 0 radical (unpaired) electrons. The van der Waals surface area contributed by atoms with E-state index in [9.17, 15) is 9.59 Å². The molecule has 0 saturated carbocycles. The van der Waals surface area contributed by atoms with Crippen LogP contribution >= 0.6 is 11.8 Å². The number of Topliss-reactive ketones (excluding diaryl/α,β-unsaturated/α-hetero) is 1. The highest BCUT2D eigenvalue weighted by Crippen LogP contribution is 2.38.